The predicted molar refractivity (Wildman–Crippen MR) is 73.4 cm³/mol. The minimum atomic E-state index is 0.309. The van der Waals surface area contributed by atoms with Crippen LogP contribution in [-0.2, 0) is 11.0 Å². The fraction of sp³-hybridized carbons (Fsp3) is 0.538. The van der Waals surface area contributed by atoms with Crippen molar-refractivity contribution >= 4 is 13.2 Å². The molecule has 92 valence electrons. The third kappa shape index (κ3) is 3.48. The van der Waals surface area contributed by atoms with E-state index in [1.807, 2.05) is 0 Å². The molecule has 0 aliphatic carbocycles. The summed E-state index contributed by atoms with van der Waals surface area (Å²) in [7, 11) is 0.705. The van der Waals surface area contributed by atoms with E-state index in [1.165, 1.54) is 30.8 Å². The molecular formula is C13H21BN2O. The average molecular weight is 232 g/mol. The first-order valence-electron chi connectivity index (χ1n) is 6.41. The average Bonchev–Trinajstić information content (AvgIpc) is 2.77. The Bertz CT molecular complexity index is 359. The smallest absolute Gasteiger partial charge is 0.281 e. The quantitative estimate of drug-likeness (QED) is 0.472. The van der Waals surface area contributed by atoms with Gasteiger partial charge in [-0.1, -0.05) is 24.6 Å². The molecule has 0 radical (unpaired) electrons. The zero-order valence-corrected chi connectivity index (χ0v) is 10.6. The minimum absolute atomic E-state index is 0.309. The number of nitrogens with two attached hydrogens (primary N) is 1. The van der Waals surface area contributed by atoms with Crippen LogP contribution >= 0.6 is 0 Å². The SMILES string of the molecule is C[C@@H]1CCN(c2cccc(CBOCN)c2)C1. The van der Waals surface area contributed by atoms with Crippen molar-refractivity contribution in [3.63, 3.8) is 0 Å². The Kier molecular flexibility index (Phi) is 4.46. The Morgan fingerprint density at radius 3 is 3.12 bits per heavy atom. The molecule has 17 heavy (non-hydrogen) atoms. The molecule has 0 unspecified atom stereocenters. The largest absolute Gasteiger partial charge is 0.427 e. The number of nitrogens with zero attached hydrogens (tertiary/aromatic N) is 1. The van der Waals surface area contributed by atoms with Crippen molar-refractivity contribution in [2.45, 2.75) is 19.7 Å². The van der Waals surface area contributed by atoms with Crippen LogP contribution in [0.25, 0.3) is 0 Å². The van der Waals surface area contributed by atoms with Gasteiger partial charge in [0.05, 0.1) is 6.73 Å². The first-order chi connectivity index (χ1) is 8.29. The Morgan fingerprint density at radius 2 is 2.41 bits per heavy atom. The van der Waals surface area contributed by atoms with E-state index < -0.39 is 0 Å². The van der Waals surface area contributed by atoms with Crippen LogP contribution in [0.15, 0.2) is 24.3 Å². The van der Waals surface area contributed by atoms with Gasteiger partial charge in [-0.3, -0.25) is 0 Å². The highest BCUT2D eigenvalue weighted by Gasteiger charge is 2.18. The molecular weight excluding hydrogens is 211 g/mol. The van der Waals surface area contributed by atoms with E-state index in [0.29, 0.717) is 14.2 Å². The topological polar surface area (TPSA) is 38.5 Å². The summed E-state index contributed by atoms with van der Waals surface area (Å²) in [5.74, 6) is 0.819. The molecule has 3 nitrogen and oxygen atoms in total. The Hall–Kier alpha value is -0.995. The first-order valence-corrected chi connectivity index (χ1v) is 6.41. The molecule has 1 aliphatic rings. The number of hydrogen-bond donors (Lipinski definition) is 1. The molecule has 2 N–H and O–H groups in total. The van der Waals surface area contributed by atoms with Crippen LogP contribution in [-0.4, -0.2) is 27.3 Å². The van der Waals surface area contributed by atoms with Crippen LogP contribution in [0.3, 0.4) is 0 Å². The van der Waals surface area contributed by atoms with E-state index in [9.17, 15) is 0 Å². The third-order valence-corrected chi connectivity index (χ3v) is 3.35. The van der Waals surface area contributed by atoms with Crippen molar-refractivity contribution in [3.05, 3.63) is 29.8 Å². The summed E-state index contributed by atoms with van der Waals surface area (Å²) in [4.78, 5) is 2.47. The highest BCUT2D eigenvalue weighted by molar-refractivity contribution is 6.26. The monoisotopic (exact) mass is 232 g/mol. The summed E-state index contributed by atoms with van der Waals surface area (Å²) in [6, 6.07) is 8.77. The lowest BCUT2D eigenvalue weighted by Crippen LogP contribution is -2.19. The summed E-state index contributed by atoms with van der Waals surface area (Å²) >= 11 is 0. The van der Waals surface area contributed by atoms with Crippen LogP contribution in [0.1, 0.15) is 18.9 Å². The molecule has 4 heteroatoms. The van der Waals surface area contributed by atoms with Gasteiger partial charge in [0, 0.05) is 18.8 Å². The molecule has 2 rings (SSSR count). The lowest BCUT2D eigenvalue weighted by molar-refractivity contribution is 0.348. The normalized spacial score (nSPS) is 19.6. The predicted octanol–water partition coefficient (Wildman–Crippen LogP) is 1.32. The summed E-state index contributed by atoms with van der Waals surface area (Å²) in [6.45, 7) is 4.99. The van der Waals surface area contributed by atoms with E-state index in [1.54, 1.807) is 0 Å². The van der Waals surface area contributed by atoms with Gasteiger partial charge in [0.1, 0.15) is 0 Å². The Labute approximate surface area is 104 Å². The van der Waals surface area contributed by atoms with Gasteiger partial charge < -0.3 is 15.3 Å². The maximum absolute atomic E-state index is 5.31. The second-order valence-corrected chi connectivity index (χ2v) is 4.83. The van der Waals surface area contributed by atoms with Crippen LogP contribution in [0.4, 0.5) is 5.69 Å². The molecule has 0 aromatic heterocycles. The van der Waals surface area contributed by atoms with Crippen LogP contribution < -0.4 is 10.6 Å². The van der Waals surface area contributed by atoms with Crippen molar-refractivity contribution in [1.29, 1.82) is 0 Å². The Morgan fingerprint density at radius 1 is 1.53 bits per heavy atom. The third-order valence-electron chi connectivity index (χ3n) is 3.35. The molecule has 0 amide bonds. The number of rotatable bonds is 5. The van der Waals surface area contributed by atoms with Gasteiger partial charge in [0.15, 0.2) is 0 Å². The highest BCUT2D eigenvalue weighted by Crippen LogP contribution is 2.24. The van der Waals surface area contributed by atoms with Gasteiger partial charge in [0.25, 0.3) is 7.48 Å². The zero-order chi connectivity index (χ0) is 12.1. The lowest BCUT2D eigenvalue weighted by Gasteiger charge is -2.19. The summed E-state index contributed by atoms with van der Waals surface area (Å²) in [6.07, 6.45) is 2.24. The molecule has 1 atom stereocenters. The maximum atomic E-state index is 5.31. The minimum Gasteiger partial charge on any atom is -0.427 e. The molecule has 1 aromatic carbocycles. The molecule has 1 heterocycles. The van der Waals surface area contributed by atoms with E-state index in [-0.39, 0.29) is 0 Å². The van der Waals surface area contributed by atoms with Crippen LogP contribution in [0.2, 0.25) is 0 Å². The van der Waals surface area contributed by atoms with Crippen LogP contribution in [0, 0.1) is 5.92 Å². The molecule has 1 fully saturated rings. The molecule has 1 aromatic rings. The van der Waals surface area contributed by atoms with Crippen molar-refractivity contribution in [2.75, 3.05) is 24.7 Å². The van der Waals surface area contributed by atoms with Gasteiger partial charge in [0.2, 0.25) is 0 Å². The second kappa shape index (κ2) is 6.08. The summed E-state index contributed by atoms with van der Waals surface area (Å²) < 4.78 is 5.18. The second-order valence-electron chi connectivity index (χ2n) is 4.83. The fourth-order valence-electron chi connectivity index (χ4n) is 2.35. The van der Waals surface area contributed by atoms with Crippen molar-refractivity contribution in [1.82, 2.24) is 0 Å². The molecule has 1 aliphatic heterocycles. The van der Waals surface area contributed by atoms with Gasteiger partial charge in [-0.2, -0.15) is 0 Å². The number of hydrogen-bond acceptors (Lipinski definition) is 3. The van der Waals surface area contributed by atoms with E-state index in [2.05, 4.69) is 36.1 Å². The van der Waals surface area contributed by atoms with E-state index in [0.717, 1.165) is 12.2 Å². The van der Waals surface area contributed by atoms with E-state index >= 15 is 0 Å². The standard InChI is InChI=1S/C13H21BN2O/c1-11-5-6-16(9-11)13-4-2-3-12(7-13)8-14-17-10-15/h2-4,7,11,14H,5-6,8-10,15H2,1H3/t11-/m1/s1. The van der Waals surface area contributed by atoms with Gasteiger partial charge in [-0.25, -0.2) is 0 Å². The summed E-state index contributed by atoms with van der Waals surface area (Å²) in [5.41, 5.74) is 7.98. The van der Waals surface area contributed by atoms with Crippen LogP contribution in [0.5, 0.6) is 0 Å². The molecule has 1 saturated heterocycles. The van der Waals surface area contributed by atoms with Gasteiger partial charge >= 0.3 is 0 Å². The van der Waals surface area contributed by atoms with E-state index in [4.69, 9.17) is 10.4 Å². The Balaban J connectivity index is 1.96. The fourth-order valence-corrected chi connectivity index (χ4v) is 2.35. The maximum Gasteiger partial charge on any atom is 0.281 e. The van der Waals surface area contributed by atoms with Crippen molar-refractivity contribution in [2.24, 2.45) is 11.7 Å². The molecule has 0 saturated carbocycles. The van der Waals surface area contributed by atoms with Gasteiger partial charge in [-0.15, -0.1) is 0 Å². The van der Waals surface area contributed by atoms with Crippen molar-refractivity contribution in [3.8, 4) is 0 Å². The molecule has 0 spiro atoms. The number of anilines is 1. The highest BCUT2D eigenvalue weighted by atomic mass is 16.4. The first kappa shape index (κ1) is 12.5. The lowest BCUT2D eigenvalue weighted by atomic mass is 9.89. The summed E-state index contributed by atoms with van der Waals surface area (Å²) in [5, 5.41) is 0. The van der Waals surface area contributed by atoms with Crippen molar-refractivity contribution < 1.29 is 4.65 Å². The molecule has 0 bridgehead atoms. The van der Waals surface area contributed by atoms with Gasteiger partial charge in [-0.05, 0) is 30.8 Å². The zero-order valence-electron chi connectivity index (χ0n) is 10.6. The number of benzene rings is 1.